The number of esters is 1. The first-order valence-corrected chi connectivity index (χ1v) is 10.7. The first kappa shape index (κ1) is 25.8. The van der Waals surface area contributed by atoms with Crippen LogP contribution in [0.1, 0.15) is 71.1 Å². The molecule has 1 rings (SSSR count). The first-order chi connectivity index (χ1) is 13.8. The van der Waals surface area contributed by atoms with Crippen LogP contribution in [0.25, 0.3) is 0 Å². The standard InChI is InChI=1S/C22H38O7/c1-4-5-14-22(27,29-3)20(25)13-12-17-16(18(23)15-19(17)24)10-8-6-7-9-11-21(26)28-2/h12-13,16-17,19-20,24-25,27H,4-11,14-15H2,1-3H3/t16-,17-,19-,20-,22-/m1/s1. The van der Waals surface area contributed by atoms with Crippen molar-refractivity contribution in [2.24, 2.45) is 11.8 Å². The van der Waals surface area contributed by atoms with Gasteiger partial charge in [0, 0.05) is 38.2 Å². The van der Waals surface area contributed by atoms with Gasteiger partial charge in [0.1, 0.15) is 11.9 Å². The normalized spacial score (nSPS) is 25.3. The molecular weight excluding hydrogens is 376 g/mol. The quantitative estimate of drug-likeness (QED) is 0.173. The lowest BCUT2D eigenvalue weighted by molar-refractivity contribution is -0.234. The molecule has 1 aliphatic rings. The van der Waals surface area contributed by atoms with Gasteiger partial charge in [0.25, 0.3) is 0 Å². The molecule has 0 aliphatic heterocycles. The molecule has 0 saturated heterocycles. The third-order valence-corrected chi connectivity index (χ3v) is 5.83. The van der Waals surface area contributed by atoms with Crippen molar-refractivity contribution in [1.29, 1.82) is 0 Å². The van der Waals surface area contributed by atoms with E-state index in [4.69, 9.17) is 4.74 Å². The van der Waals surface area contributed by atoms with Gasteiger partial charge in [0.15, 0.2) is 5.79 Å². The Hall–Kier alpha value is -1.28. The van der Waals surface area contributed by atoms with E-state index in [0.29, 0.717) is 25.7 Å². The van der Waals surface area contributed by atoms with Crippen molar-refractivity contribution in [3.63, 3.8) is 0 Å². The van der Waals surface area contributed by atoms with Crippen LogP contribution in [-0.4, -0.2) is 59.3 Å². The third-order valence-electron chi connectivity index (χ3n) is 5.83. The van der Waals surface area contributed by atoms with Gasteiger partial charge in [-0.3, -0.25) is 9.59 Å². The average molecular weight is 415 g/mol. The highest BCUT2D eigenvalue weighted by molar-refractivity contribution is 5.84. The molecule has 29 heavy (non-hydrogen) atoms. The maximum atomic E-state index is 12.3. The summed E-state index contributed by atoms with van der Waals surface area (Å²) in [6, 6.07) is 0. The van der Waals surface area contributed by atoms with Gasteiger partial charge in [-0.2, -0.15) is 0 Å². The minimum absolute atomic E-state index is 0.0317. The second kappa shape index (κ2) is 13.1. The van der Waals surface area contributed by atoms with Gasteiger partial charge in [0.2, 0.25) is 0 Å². The lowest BCUT2D eigenvalue weighted by atomic mass is 9.88. The Balaban J connectivity index is 2.57. The highest BCUT2D eigenvalue weighted by Gasteiger charge is 2.40. The van der Waals surface area contributed by atoms with E-state index in [1.165, 1.54) is 20.3 Å². The number of hydrogen-bond acceptors (Lipinski definition) is 7. The van der Waals surface area contributed by atoms with Gasteiger partial charge >= 0.3 is 5.97 Å². The molecule has 0 unspecified atom stereocenters. The summed E-state index contributed by atoms with van der Waals surface area (Å²) in [5.74, 6) is -2.52. The molecule has 0 heterocycles. The minimum atomic E-state index is -1.67. The van der Waals surface area contributed by atoms with Crippen LogP contribution < -0.4 is 0 Å². The number of methoxy groups -OCH3 is 2. The van der Waals surface area contributed by atoms with Crippen LogP contribution in [0.2, 0.25) is 0 Å². The van der Waals surface area contributed by atoms with Gasteiger partial charge < -0.3 is 24.8 Å². The molecule has 0 spiro atoms. The number of aliphatic hydroxyl groups excluding tert-OH is 2. The van der Waals surface area contributed by atoms with Crippen LogP contribution in [0.3, 0.4) is 0 Å². The number of carbonyl (C=O) groups is 2. The van der Waals surface area contributed by atoms with Gasteiger partial charge in [-0.25, -0.2) is 0 Å². The van der Waals surface area contributed by atoms with E-state index in [1.54, 1.807) is 6.08 Å². The zero-order valence-corrected chi connectivity index (χ0v) is 18.0. The van der Waals surface area contributed by atoms with Crippen molar-refractivity contribution < 1.29 is 34.4 Å². The zero-order chi connectivity index (χ0) is 21.9. The lowest BCUT2D eigenvalue weighted by Crippen LogP contribution is -2.43. The topological polar surface area (TPSA) is 113 Å². The molecule has 0 aromatic heterocycles. The lowest BCUT2D eigenvalue weighted by Gasteiger charge is -2.30. The molecule has 0 aromatic carbocycles. The van der Waals surface area contributed by atoms with E-state index in [-0.39, 0.29) is 30.0 Å². The molecule has 1 fully saturated rings. The van der Waals surface area contributed by atoms with Crippen LogP contribution in [0.4, 0.5) is 0 Å². The van der Waals surface area contributed by atoms with Crippen molar-refractivity contribution in [2.75, 3.05) is 14.2 Å². The largest absolute Gasteiger partial charge is 0.469 e. The van der Waals surface area contributed by atoms with Crippen LogP contribution in [-0.2, 0) is 19.1 Å². The van der Waals surface area contributed by atoms with Crippen LogP contribution in [0.15, 0.2) is 12.2 Å². The molecule has 3 N–H and O–H groups in total. The Kier molecular flexibility index (Phi) is 11.6. The van der Waals surface area contributed by atoms with Gasteiger partial charge in [0.05, 0.1) is 13.2 Å². The summed E-state index contributed by atoms with van der Waals surface area (Å²) >= 11 is 0. The van der Waals surface area contributed by atoms with E-state index in [1.807, 2.05) is 6.92 Å². The fourth-order valence-corrected chi connectivity index (χ4v) is 3.87. The van der Waals surface area contributed by atoms with Gasteiger partial charge in [-0.1, -0.05) is 44.8 Å². The summed E-state index contributed by atoms with van der Waals surface area (Å²) < 4.78 is 9.72. The average Bonchev–Trinajstić information content (AvgIpc) is 2.98. The second-order valence-corrected chi connectivity index (χ2v) is 7.93. The summed E-state index contributed by atoms with van der Waals surface area (Å²) in [4.78, 5) is 23.4. The van der Waals surface area contributed by atoms with Crippen LogP contribution in [0, 0.1) is 11.8 Å². The molecule has 5 atom stereocenters. The summed E-state index contributed by atoms with van der Waals surface area (Å²) in [6.45, 7) is 1.98. The van der Waals surface area contributed by atoms with Gasteiger partial charge in [-0.05, 0) is 19.3 Å². The molecule has 7 nitrogen and oxygen atoms in total. The summed E-state index contributed by atoms with van der Waals surface area (Å²) in [5, 5.41) is 31.1. The van der Waals surface area contributed by atoms with E-state index in [9.17, 15) is 24.9 Å². The number of unbranched alkanes of at least 4 members (excludes halogenated alkanes) is 4. The summed E-state index contributed by atoms with van der Waals surface area (Å²) in [5.41, 5.74) is 0. The summed E-state index contributed by atoms with van der Waals surface area (Å²) in [7, 11) is 2.73. The highest BCUT2D eigenvalue weighted by atomic mass is 16.6. The van der Waals surface area contributed by atoms with Gasteiger partial charge in [-0.15, -0.1) is 0 Å². The maximum absolute atomic E-state index is 12.3. The molecule has 168 valence electrons. The molecule has 7 heteroatoms. The van der Waals surface area contributed by atoms with Crippen molar-refractivity contribution in [1.82, 2.24) is 0 Å². The predicted octanol–water partition coefficient (Wildman–Crippen LogP) is 2.51. The molecule has 0 amide bonds. The van der Waals surface area contributed by atoms with Crippen molar-refractivity contribution >= 4 is 11.8 Å². The van der Waals surface area contributed by atoms with E-state index in [0.717, 1.165) is 32.1 Å². The fourth-order valence-electron chi connectivity index (χ4n) is 3.87. The summed E-state index contributed by atoms with van der Waals surface area (Å²) in [6.07, 6.45) is 7.49. The molecule has 1 aliphatic carbocycles. The predicted molar refractivity (Wildman–Crippen MR) is 109 cm³/mol. The maximum Gasteiger partial charge on any atom is 0.305 e. The first-order valence-electron chi connectivity index (χ1n) is 10.7. The van der Waals surface area contributed by atoms with Crippen molar-refractivity contribution in [3.8, 4) is 0 Å². The van der Waals surface area contributed by atoms with Crippen LogP contribution in [0.5, 0.6) is 0 Å². The van der Waals surface area contributed by atoms with E-state index >= 15 is 0 Å². The number of rotatable bonds is 14. The number of carbonyl (C=O) groups excluding carboxylic acids is 2. The SMILES string of the molecule is CCCC[C@@](O)(OC)[C@H](O)C=C[C@H]1[C@H](O)CC(=O)[C@@H]1CCCCCCC(=O)OC. The number of Topliss-reactive ketones (excluding diaryl/α,β-unsaturated/α-hetero) is 1. The van der Waals surface area contributed by atoms with Crippen molar-refractivity contribution in [2.45, 2.75) is 89.1 Å². The second-order valence-electron chi connectivity index (χ2n) is 7.93. The minimum Gasteiger partial charge on any atom is -0.469 e. The smallest absolute Gasteiger partial charge is 0.305 e. The molecule has 0 bridgehead atoms. The Bertz CT molecular complexity index is 533. The number of ether oxygens (including phenoxy) is 2. The number of aliphatic hydroxyl groups is 3. The molecular formula is C22H38O7. The highest BCUT2D eigenvalue weighted by Crippen LogP contribution is 2.35. The number of ketones is 1. The van der Waals surface area contributed by atoms with Crippen molar-refractivity contribution in [3.05, 3.63) is 12.2 Å². The Morgan fingerprint density at radius 1 is 1.24 bits per heavy atom. The number of hydrogen-bond donors (Lipinski definition) is 3. The molecule has 0 radical (unpaired) electrons. The monoisotopic (exact) mass is 414 g/mol. The molecule has 1 saturated carbocycles. The molecule has 0 aromatic rings. The van der Waals surface area contributed by atoms with Crippen LogP contribution >= 0.6 is 0 Å². The Morgan fingerprint density at radius 3 is 2.55 bits per heavy atom. The Morgan fingerprint density at radius 2 is 1.93 bits per heavy atom. The zero-order valence-electron chi connectivity index (χ0n) is 18.0. The third kappa shape index (κ3) is 8.16. The van der Waals surface area contributed by atoms with E-state index in [2.05, 4.69) is 4.74 Å². The fraction of sp³-hybridized carbons (Fsp3) is 0.818. The Labute approximate surface area is 174 Å². The van der Waals surface area contributed by atoms with E-state index < -0.39 is 18.0 Å².